The molecule has 21 heavy (non-hydrogen) atoms. The molecule has 1 amide bonds. The first-order valence-electron chi connectivity index (χ1n) is 6.69. The van der Waals surface area contributed by atoms with Crippen LogP contribution in [0.2, 0.25) is 0 Å². The lowest BCUT2D eigenvalue weighted by molar-refractivity contribution is 0.0603. The number of nitrogens with one attached hydrogen (secondary N) is 1. The van der Waals surface area contributed by atoms with Gasteiger partial charge in [0.2, 0.25) is 0 Å². The summed E-state index contributed by atoms with van der Waals surface area (Å²) in [4.78, 5) is 25.9. The molecule has 0 aliphatic heterocycles. The first-order chi connectivity index (χ1) is 9.70. The summed E-state index contributed by atoms with van der Waals surface area (Å²) < 4.78 is 4.78. The third-order valence-corrected chi connectivity index (χ3v) is 4.42. The van der Waals surface area contributed by atoms with E-state index in [0.717, 1.165) is 0 Å². The Morgan fingerprint density at radius 1 is 1.29 bits per heavy atom. The molecule has 0 fully saturated rings. The van der Waals surface area contributed by atoms with E-state index in [9.17, 15) is 9.59 Å². The molecule has 6 nitrogen and oxygen atoms in total. The Balaban J connectivity index is 3.31. The predicted octanol–water partition coefficient (Wildman–Crippen LogP) is 2.28. The van der Waals surface area contributed by atoms with Crippen LogP contribution in [0.5, 0.6) is 0 Å². The van der Waals surface area contributed by atoms with E-state index in [2.05, 4.69) is 19.2 Å². The van der Waals surface area contributed by atoms with E-state index in [1.165, 1.54) is 23.3 Å². The zero-order chi connectivity index (χ0) is 16.3. The van der Waals surface area contributed by atoms with Crippen molar-refractivity contribution in [3.8, 4) is 0 Å². The zero-order valence-corrected chi connectivity index (χ0v) is 14.1. The van der Waals surface area contributed by atoms with E-state index in [4.69, 9.17) is 10.5 Å². The van der Waals surface area contributed by atoms with Crippen molar-refractivity contribution < 1.29 is 14.3 Å². The molecule has 0 saturated carbocycles. The fourth-order valence-corrected chi connectivity index (χ4v) is 2.81. The first kappa shape index (κ1) is 17.3. The summed E-state index contributed by atoms with van der Waals surface area (Å²) >= 11 is 1.18. The number of ether oxygens (including phenoxy) is 1. The van der Waals surface area contributed by atoms with Gasteiger partial charge < -0.3 is 20.7 Å². The Hall–Kier alpha value is -1.76. The van der Waals surface area contributed by atoms with Crippen LogP contribution >= 0.6 is 11.3 Å². The Morgan fingerprint density at radius 2 is 1.86 bits per heavy atom. The van der Waals surface area contributed by atoms with Crippen molar-refractivity contribution in [1.29, 1.82) is 0 Å². The van der Waals surface area contributed by atoms with Crippen molar-refractivity contribution in [3.05, 3.63) is 10.4 Å². The van der Waals surface area contributed by atoms with Crippen LogP contribution in [0.1, 0.15) is 40.8 Å². The molecule has 0 spiro atoms. The Morgan fingerprint density at radius 3 is 2.29 bits per heavy atom. The molecule has 1 unspecified atom stereocenters. The summed E-state index contributed by atoms with van der Waals surface area (Å²) in [5.74, 6) is -0.403. The number of esters is 1. The summed E-state index contributed by atoms with van der Waals surface area (Å²) in [6.07, 6.45) is 0. The lowest BCUT2D eigenvalue weighted by atomic mass is 10.1. The number of nitrogen functional groups attached to an aromatic ring is 1. The van der Waals surface area contributed by atoms with Crippen LogP contribution in [0.15, 0.2) is 0 Å². The minimum Gasteiger partial charge on any atom is -0.465 e. The molecule has 1 atom stereocenters. The molecule has 1 aromatic heterocycles. The van der Waals surface area contributed by atoms with Gasteiger partial charge in [-0.05, 0) is 12.8 Å². The van der Waals surface area contributed by atoms with Crippen LogP contribution in [-0.2, 0) is 4.74 Å². The van der Waals surface area contributed by atoms with E-state index in [1.807, 2.05) is 6.92 Å². The highest BCUT2D eigenvalue weighted by molar-refractivity contribution is 7.19. The van der Waals surface area contributed by atoms with Crippen molar-refractivity contribution in [2.24, 2.45) is 5.92 Å². The standard InChI is InChI=1S/C14H23N3O3S/c1-7(2)8(3)16-12-9(14(19)20-6)10(15)11(21-12)13(18)17(4)5/h7-8,16H,15H2,1-6H3. The second kappa shape index (κ2) is 6.80. The van der Waals surface area contributed by atoms with Crippen molar-refractivity contribution >= 4 is 33.9 Å². The second-order valence-corrected chi connectivity index (χ2v) is 6.44. The molecule has 118 valence electrons. The lowest BCUT2D eigenvalue weighted by Crippen LogP contribution is -2.22. The second-order valence-electron chi connectivity index (χ2n) is 5.42. The number of hydrogen-bond acceptors (Lipinski definition) is 6. The molecule has 0 aliphatic rings. The molecule has 7 heteroatoms. The maximum absolute atomic E-state index is 12.1. The smallest absolute Gasteiger partial charge is 0.343 e. The van der Waals surface area contributed by atoms with Crippen LogP contribution < -0.4 is 11.1 Å². The van der Waals surface area contributed by atoms with Crippen LogP contribution in [0.3, 0.4) is 0 Å². The average Bonchev–Trinajstić information content (AvgIpc) is 2.73. The number of carbonyl (C=O) groups is 2. The number of amides is 1. The van der Waals surface area contributed by atoms with Gasteiger partial charge in [-0.25, -0.2) is 4.79 Å². The van der Waals surface area contributed by atoms with E-state index >= 15 is 0 Å². The quantitative estimate of drug-likeness (QED) is 0.815. The molecule has 1 aromatic rings. The van der Waals surface area contributed by atoms with Crippen molar-refractivity contribution in [1.82, 2.24) is 4.90 Å². The SMILES string of the molecule is COC(=O)c1c(NC(C)C(C)C)sc(C(=O)N(C)C)c1N. The van der Waals surface area contributed by atoms with Crippen molar-refractivity contribution in [2.45, 2.75) is 26.8 Å². The summed E-state index contributed by atoms with van der Waals surface area (Å²) in [5.41, 5.74) is 6.40. The maximum atomic E-state index is 12.1. The predicted molar refractivity (Wildman–Crippen MR) is 86.0 cm³/mol. The highest BCUT2D eigenvalue weighted by Gasteiger charge is 2.27. The fourth-order valence-electron chi connectivity index (χ4n) is 1.59. The molecule has 0 radical (unpaired) electrons. The monoisotopic (exact) mass is 313 g/mol. The van der Waals surface area contributed by atoms with Gasteiger partial charge in [-0.3, -0.25) is 4.79 Å². The zero-order valence-electron chi connectivity index (χ0n) is 13.3. The molecule has 0 aliphatic carbocycles. The first-order valence-corrected chi connectivity index (χ1v) is 7.51. The van der Waals surface area contributed by atoms with Gasteiger partial charge in [-0.2, -0.15) is 0 Å². The third kappa shape index (κ3) is 3.66. The Labute approximate surface area is 129 Å². The van der Waals surface area contributed by atoms with Crippen LogP contribution in [-0.4, -0.2) is 44.0 Å². The summed E-state index contributed by atoms with van der Waals surface area (Å²) in [6, 6.07) is 0.133. The molecule has 0 aromatic carbocycles. The number of rotatable bonds is 5. The van der Waals surface area contributed by atoms with Gasteiger partial charge >= 0.3 is 5.97 Å². The Kier molecular flexibility index (Phi) is 5.60. The van der Waals surface area contributed by atoms with Crippen LogP contribution in [0, 0.1) is 5.92 Å². The van der Waals surface area contributed by atoms with E-state index in [1.54, 1.807) is 14.1 Å². The fraction of sp³-hybridized carbons (Fsp3) is 0.571. The number of nitrogens with two attached hydrogens (primary N) is 1. The lowest BCUT2D eigenvalue weighted by Gasteiger charge is -2.18. The number of methoxy groups -OCH3 is 1. The highest BCUT2D eigenvalue weighted by Crippen LogP contribution is 2.37. The van der Waals surface area contributed by atoms with Gasteiger partial charge in [0.15, 0.2) is 0 Å². The van der Waals surface area contributed by atoms with Crippen LogP contribution in [0.4, 0.5) is 10.7 Å². The topological polar surface area (TPSA) is 84.7 Å². The van der Waals surface area contributed by atoms with E-state index in [-0.39, 0.29) is 23.2 Å². The number of carbonyl (C=O) groups excluding carboxylic acids is 2. The average molecular weight is 313 g/mol. The molecular formula is C14H23N3O3S. The maximum Gasteiger partial charge on any atom is 0.343 e. The molecule has 0 bridgehead atoms. The van der Waals surface area contributed by atoms with Crippen molar-refractivity contribution in [2.75, 3.05) is 32.3 Å². The minimum atomic E-state index is -0.542. The molecular weight excluding hydrogens is 290 g/mol. The minimum absolute atomic E-state index is 0.133. The third-order valence-electron chi connectivity index (χ3n) is 3.29. The largest absolute Gasteiger partial charge is 0.465 e. The number of hydrogen-bond donors (Lipinski definition) is 2. The molecule has 1 heterocycles. The number of nitrogens with zero attached hydrogens (tertiary/aromatic N) is 1. The van der Waals surface area contributed by atoms with E-state index < -0.39 is 5.97 Å². The number of thiophene rings is 1. The summed E-state index contributed by atoms with van der Waals surface area (Å²) in [5, 5.41) is 3.82. The van der Waals surface area contributed by atoms with Gasteiger partial charge in [-0.1, -0.05) is 13.8 Å². The number of anilines is 2. The van der Waals surface area contributed by atoms with Gasteiger partial charge in [0.1, 0.15) is 15.4 Å². The highest BCUT2D eigenvalue weighted by atomic mass is 32.1. The van der Waals surface area contributed by atoms with Crippen LogP contribution in [0.25, 0.3) is 0 Å². The summed E-state index contributed by atoms with van der Waals surface area (Å²) in [6.45, 7) is 6.14. The molecule has 3 N–H and O–H groups in total. The van der Waals surface area contributed by atoms with Gasteiger partial charge in [-0.15, -0.1) is 11.3 Å². The summed E-state index contributed by atoms with van der Waals surface area (Å²) in [7, 11) is 4.58. The van der Waals surface area contributed by atoms with Crippen molar-refractivity contribution in [3.63, 3.8) is 0 Å². The Bertz CT molecular complexity index is 538. The van der Waals surface area contributed by atoms with Gasteiger partial charge in [0.05, 0.1) is 12.8 Å². The van der Waals surface area contributed by atoms with Gasteiger partial charge in [0.25, 0.3) is 5.91 Å². The molecule has 0 saturated heterocycles. The van der Waals surface area contributed by atoms with Gasteiger partial charge in [0, 0.05) is 20.1 Å². The van der Waals surface area contributed by atoms with E-state index in [0.29, 0.717) is 15.8 Å². The molecule has 1 rings (SSSR count). The normalized spacial score (nSPS) is 12.1.